The van der Waals surface area contributed by atoms with Gasteiger partial charge in [0.2, 0.25) is 0 Å². The number of carbonyl (C=O) groups excluding carboxylic acids is 1. The maximum atomic E-state index is 12.5. The summed E-state index contributed by atoms with van der Waals surface area (Å²) in [6, 6.07) is 2.05. The number of aromatic nitrogens is 4. The molecule has 1 fully saturated rings. The highest BCUT2D eigenvalue weighted by atomic mass is 32.2. The van der Waals surface area contributed by atoms with E-state index < -0.39 is 0 Å². The molecule has 7 nitrogen and oxygen atoms in total. The number of piperidine rings is 1. The van der Waals surface area contributed by atoms with Gasteiger partial charge in [-0.1, -0.05) is 11.8 Å². The Morgan fingerprint density at radius 2 is 2.08 bits per heavy atom. The van der Waals surface area contributed by atoms with Gasteiger partial charge < -0.3 is 9.80 Å². The molecule has 0 unspecified atom stereocenters. The highest BCUT2D eigenvalue weighted by Gasteiger charge is 2.24. The van der Waals surface area contributed by atoms with Crippen molar-refractivity contribution in [2.75, 3.05) is 37.8 Å². The van der Waals surface area contributed by atoms with Crippen molar-refractivity contribution in [2.45, 2.75) is 24.9 Å². The van der Waals surface area contributed by atoms with Crippen molar-refractivity contribution in [2.24, 2.45) is 13.0 Å². The van der Waals surface area contributed by atoms with E-state index in [9.17, 15) is 4.79 Å². The van der Waals surface area contributed by atoms with E-state index in [0.717, 1.165) is 49.1 Å². The summed E-state index contributed by atoms with van der Waals surface area (Å²) in [6.07, 6.45) is 7.51. The number of hydrogen-bond acceptors (Lipinski definition) is 6. The van der Waals surface area contributed by atoms with Crippen molar-refractivity contribution >= 4 is 23.5 Å². The minimum atomic E-state index is 0.0385. The van der Waals surface area contributed by atoms with Gasteiger partial charge in [0.15, 0.2) is 5.16 Å². The van der Waals surface area contributed by atoms with Crippen molar-refractivity contribution in [3.8, 4) is 0 Å². The fraction of sp³-hybridized carbons (Fsp3) is 0.556. The molecule has 1 aliphatic heterocycles. The van der Waals surface area contributed by atoms with Crippen molar-refractivity contribution in [3.05, 3.63) is 29.7 Å². The van der Waals surface area contributed by atoms with Crippen LogP contribution in [0.3, 0.4) is 0 Å². The van der Waals surface area contributed by atoms with Crippen molar-refractivity contribution < 1.29 is 4.79 Å². The summed E-state index contributed by atoms with van der Waals surface area (Å²) in [7, 11) is 3.70. The zero-order valence-corrected chi connectivity index (χ0v) is 16.7. The number of amides is 1. The standard InChI is InChI=1S/C18H26N6OS/c1-13-9-16(21-18(20-13)26-4)24-7-5-14(6-8-24)11-22(2)17(25)15-10-19-23(3)12-15/h9-10,12,14H,5-8,11H2,1-4H3. The Kier molecular flexibility index (Phi) is 5.80. The summed E-state index contributed by atoms with van der Waals surface area (Å²) < 4.78 is 1.66. The second-order valence-corrected chi connectivity index (χ2v) is 7.65. The van der Waals surface area contributed by atoms with Crippen molar-refractivity contribution in [3.63, 3.8) is 0 Å². The Hall–Kier alpha value is -2.09. The van der Waals surface area contributed by atoms with Gasteiger partial charge in [-0.2, -0.15) is 5.10 Å². The molecule has 1 amide bonds. The number of carbonyl (C=O) groups is 1. The van der Waals surface area contributed by atoms with Crippen LogP contribution in [-0.4, -0.2) is 63.5 Å². The van der Waals surface area contributed by atoms with E-state index >= 15 is 0 Å². The van der Waals surface area contributed by atoms with Crippen LogP contribution in [0, 0.1) is 12.8 Å². The smallest absolute Gasteiger partial charge is 0.256 e. The van der Waals surface area contributed by atoms with Gasteiger partial charge in [0.25, 0.3) is 5.91 Å². The lowest BCUT2D eigenvalue weighted by atomic mass is 9.96. The van der Waals surface area contributed by atoms with Gasteiger partial charge >= 0.3 is 0 Å². The Labute approximate surface area is 158 Å². The number of nitrogens with zero attached hydrogens (tertiary/aromatic N) is 6. The third-order valence-corrected chi connectivity index (χ3v) is 5.32. The summed E-state index contributed by atoms with van der Waals surface area (Å²) in [4.78, 5) is 25.7. The molecule has 8 heteroatoms. The summed E-state index contributed by atoms with van der Waals surface area (Å²) in [5.41, 5.74) is 1.65. The van der Waals surface area contributed by atoms with Crippen LogP contribution >= 0.6 is 11.8 Å². The van der Waals surface area contributed by atoms with Crippen LogP contribution in [0.2, 0.25) is 0 Å². The Balaban J connectivity index is 1.55. The summed E-state index contributed by atoms with van der Waals surface area (Å²) in [6.45, 7) is 4.71. The first kappa shape index (κ1) is 18.7. The summed E-state index contributed by atoms with van der Waals surface area (Å²) in [5.74, 6) is 1.57. The van der Waals surface area contributed by atoms with E-state index in [1.54, 1.807) is 28.8 Å². The van der Waals surface area contributed by atoms with Crippen LogP contribution in [-0.2, 0) is 7.05 Å². The zero-order chi connectivity index (χ0) is 18.7. The topological polar surface area (TPSA) is 67.2 Å². The summed E-state index contributed by atoms with van der Waals surface area (Å²) >= 11 is 1.57. The number of thioether (sulfide) groups is 1. The van der Waals surface area contributed by atoms with Gasteiger partial charge in [-0.15, -0.1) is 0 Å². The molecular weight excluding hydrogens is 348 g/mol. The van der Waals surface area contributed by atoms with Crippen molar-refractivity contribution in [1.82, 2.24) is 24.6 Å². The van der Waals surface area contributed by atoms with Gasteiger partial charge in [0.1, 0.15) is 5.82 Å². The average molecular weight is 375 g/mol. The SMILES string of the molecule is CSc1nc(C)cc(N2CCC(CN(C)C(=O)c3cnn(C)c3)CC2)n1. The Bertz CT molecular complexity index is 769. The van der Waals surface area contributed by atoms with Gasteiger partial charge in [-0.3, -0.25) is 9.48 Å². The van der Waals surface area contributed by atoms with Gasteiger partial charge in [-0.05, 0) is 31.9 Å². The predicted octanol–water partition coefficient (Wildman–Crippen LogP) is 2.23. The molecule has 2 aromatic heterocycles. The molecule has 0 bridgehead atoms. The van der Waals surface area contributed by atoms with Crippen LogP contribution in [0.1, 0.15) is 28.9 Å². The number of hydrogen-bond donors (Lipinski definition) is 0. The minimum absolute atomic E-state index is 0.0385. The molecule has 0 radical (unpaired) electrons. The molecule has 3 rings (SSSR count). The first-order chi connectivity index (χ1) is 12.5. The molecule has 26 heavy (non-hydrogen) atoms. The second kappa shape index (κ2) is 8.07. The molecule has 0 spiro atoms. The highest BCUT2D eigenvalue weighted by Crippen LogP contribution is 2.24. The van der Waals surface area contributed by atoms with Crippen molar-refractivity contribution in [1.29, 1.82) is 0 Å². The van der Waals surface area contributed by atoms with Gasteiger partial charge in [0, 0.05) is 51.7 Å². The van der Waals surface area contributed by atoms with E-state index in [1.165, 1.54) is 0 Å². The summed E-state index contributed by atoms with van der Waals surface area (Å²) in [5, 5.41) is 4.90. The Morgan fingerprint density at radius 1 is 1.35 bits per heavy atom. The van der Waals surface area contributed by atoms with E-state index in [-0.39, 0.29) is 5.91 Å². The molecule has 0 atom stereocenters. The molecule has 0 aromatic carbocycles. The first-order valence-electron chi connectivity index (χ1n) is 8.85. The lowest BCUT2D eigenvalue weighted by Gasteiger charge is -2.34. The quantitative estimate of drug-likeness (QED) is 0.591. The normalized spacial score (nSPS) is 15.3. The Morgan fingerprint density at radius 3 is 2.69 bits per heavy atom. The second-order valence-electron chi connectivity index (χ2n) is 6.87. The largest absolute Gasteiger partial charge is 0.356 e. The third kappa shape index (κ3) is 4.35. The highest BCUT2D eigenvalue weighted by molar-refractivity contribution is 7.98. The molecule has 1 aliphatic rings. The zero-order valence-electron chi connectivity index (χ0n) is 15.8. The van der Waals surface area contributed by atoms with E-state index in [4.69, 9.17) is 0 Å². The van der Waals surface area contributed by atoms with Gasteiger partial charge in [0.05, 0.1) is 11.8 Å². The molecule has 0 saturated carbocycles. The van der Waals surface area contributed by atoms with E-state index in [2.05, 4.69) is 26.0 Å². The van der Waals surface area contributed by atoms with Crippen LogP contribution < -0.4 is 4.90 Å². The fourth-order valence-corrected chi connectivity index (χ4v) is 3.77. The van der Waals surface area contributed by atoms with Crippen LogP contribution in [0.25, 0.3) is 0 Å². The number of aryl methyl sites for hydroxylation is 2. The predicted molar refractivity (Wildman–Crippen MR) is 104 cm³/mol. The van der Waals surface area contributed by atoms with Crippen LogP contribution in [0.4, 0.5) is 5.82 Å². The maximum Gasteiger partial charge on any atom is 0.256 e. The monoisotopic (exact) mass is 374 g/mol. The van der Waals surface area contributed by atoms with E-state index in [0.29, 0.717) is 11.5 Å². The molecule has 3 heterocycles. The molecule has 2 aromatic rings. The first-order valence-corrected chi connectivity index (χ1v) is 10.1. The van der Waals surface area contributed by atoms with Crippen LogP contribution in [0.5, 0.6) is 0 Å². The lowest BCUT2D eigenvalue weighted by Crippen LogP contribution is -2.39. The maximum absolute atomic E-state index is 12.5. The van der Waals surface area contributed by atoms with E-state index in [1.807, 2.05) is 32.2 Å². The molecule has 140 valence electrons. The number of anilines is 1. The molecule has 0 aliphatic carbocycles. The van der Waals surface area contributed by atoms with Crippen LogP contribution in [0.15, 0.2) is 23.6 Å². The minimum Gasteiger partial charge on any atom is -0.356 e. The number of rotatable bonds is 5. The lowest BCUT2D eigenvalue weighted by molar-refractivity contribution is 0.0765. The fourth-order valence-electron chi connectivity index (χ4n) is 3.35. The average Bonchev–Trinajstić information content (AvgIpc) is 3.07. The van der Waals surface area contributed by atoms with Gasteiger partial charge in [-0.25, -0.2) is 9.97 Å². The molecule has 0 N–H and O–H groups in total. The third-order valence-electron chi connectivity index (χ3n) is 4.77. The molecule has 1 saturated heterocycles. The molecular formula is C18H26N6OS.